The molecule has 4 aromatic carbocycles. The summed E-state index contributed by atoms with van der Waals surface area (Å²) < 4.78 is 69.0. The van der Waals surface area contributed by atoms with Gasteiger partial charge in [-0.2, -0.15) is 0 Å². The number of methoxy groups -OCH3 is 2. The average molecular weight is 571 g/mol. The highest BCUT2D eigenvalue weighted by molar-refractivity contribution is 6.04. The molecule has 42 heavy (non-hydrogen) atoms. The van der Waals surface area contributed by atoms with Gasteiger partial charge in [-0.15, -0.1) is 0 Å². The molecule has 0 saturated carbocycles. The summed E-state index contributed by atoms with van der Waals surface area (Å²) in [4.78, 5) is 16.4. The lowest BCUT2D eigenvalue weighted by atomic mass is 9.91. The van der Waals surface area contributed by atoms with Crippen LogP contribution in [0.1, 0.15) is 47.2 Å². The van der Waals surface area contributed by atoms with Gasteiger partial charge >= 0.3 is 5.97 Å². The second-order valence-electron chi connectivity index (χ2n) is 9.69. The second kappa shape index (κ2) is 13.7. The predicted molar refractivity (Wildman–Crippen MR) is 162 cm³/mol. The van der Waals surface area contributed by atoms with Crippen molar-refractivity contribution in [3.8, 4) is 23.0 Å². The number of esters is 1. The number of hydrogen-bond donors (Lipinski definition) is 0. The van der Waals surface area contributed by atoms with Crippen LogP contribution in [0.5, 0.6) is 23.0 Å². The predicted octanol–water partition coefficient (Wildman–Crippen LogP) is 6.51. The largest absolute Gasteiger partial charge is 0.493 e. The quantitative estimate of drug-likeness (QED) is 0.181. The Hall–Kier alpha value is -4.78. The Morgan fingerprint density at radius 2 is 1.57 bits per heavy atom. The van der Waals surface area contributed by atoms with Crippen LogP contribution in [-0.2, 0) is 42.2 Å². The van der Waals surface area contributed by atoms with Gasteiger partial charge in [-0.25, -0.2) is 0 Å². The van der Waals surface area contributed by atoms with Crippen molar-refractivity contribution < 1.29 is 35.3 Å². The monoisotopic (exact) mass is 570 g/mol. The van der Waals surface area contributed by atoms with Crippen molar-refractivity contribution in [3.05, 3.63) is 118 Å². The van der Waals surface area contributed by atoms with Gasteiger partial charge in [0.05, 0.1) is 21.0 Å². The number of benzene rings is 4. The SMILES string of the molecule is [2H]C1([2H])Cc2cc(OC([2H])([2H])[2H])c(OCc3ccccc3)cc2C(Cc2ccc(OC)c(OCc3ccccc3)c2COC(C)=O)=N1. The van der Waals surface area contributed by atoms with Crippen molar-refractivity contribution in [3.63, 3.8) is 0 Å². The van der Waals surface area contributed by atoms with E-state index in [1.165, 1.54) is 20.1 Å². The number of rotatable bonds is 12. The number of carbonyl (C=O) groups excluding carboxylic acids is 1. The van der Waals surface area contributed by atoms with Crippen molar-refractivity contribution in [2.45, 2.75) is 39.6 Å². The highest BCUT2D eigenvalue weighted by atomic mass is 16.5. The molecule has 0 N–H and O–H groups in total. The first-order valence-corrected chi connectivity index (χ1v) is 13.5. The molecule has 0 aromatic heterocycles. The van der Waals surface area contributed by atoms with Crippen LogP contribution in [0.25, 0.3) is 0 Å². The molecule has 0 saturated heterocycles. The Labute approximate surface area is 253 Å². The van der Waals surface area contributed by atoms with Crippen molar-refractivity contribution >= 4 is 11.7 Å². The Morgan fingerprint density at radius 3 is 2.24 bits per heavy atom. The fraction of sp³-hybridized carbons (Fsp3) is 0.257. The van der Waals surface area contributed by atoms with E-state index in [0.29, 0.717) is 39.5 Å². The summed E-state index contributed by atoms with van der Waals surface area (Å²) in [6, 6.07) is 25.7. The fourth-order valence-corrected chi connectivity index (χ4v) is 4.73. The molecule has 5 rings (SSSR count). The summed E-state index contributed by atoms with van der Waals surface area (Å²) in [5.41, 5.74) is 4.51. The van der Waals surface area contributed by atoms with Crippen LogP contribution in [0.15, 0.2) is 89.9 Å². The molecule has 1 aliphatic rings. The van der Waals surface area contributed by atoms with E-state index in [-0.39, 0.29) is 44.2 Å². The van der Waals surface area contributed by atoms with Crippen LogP contribution in [0, 0.1) is 0 Å². The number of nitrogens with zero attached hydrogens (tertiary/aromatic N) is 1. The molecule has 0 radical (unpaired) electrons. The van der Waals surface area contributed by atoms with Gasteiger partial charge in [0.15, 0.2) is 23.0 Å². The first-order valence-electron chi connectivity index (χ1n) is 16.0. The second-order valence-corrected chi connectivity index (χ2v) is 9.69. The van der Waals surface area contributed by atoms with Crippen LogP contribution < -0.4 is 18.9 Å². The first-order chi connectivity index (χ1) is 22.4. The lowest BCUT2D eigenvalue weighted by molar-refractivity contribution is -0.142. The van der Waals surface area contributed by atoms with E-state index >= 15 is 0 Å². The molecular weight excluding hydrogens is 530 g/mol. The molecule has 216 valence electrons. The van der Waals surface area contributed by atoms with Crippen molar-refractivity contribution in [2.24, 2.45) is 4.99 Å². The van der Waals surface area contributed by atoms with E-state index in [9.17, 15) is 4.79 Å². The molecule has 4 aromatic rings. The Kier molecular flexibility index (Phi) is 7.47. The van der Waals surface area contributed by atoms with Crippen molar-refractivity contribution in [1.29, 1.82) is 0 Å². The average Bonchev–Trinajstić information content (AvgIpc) is 3.02. The number of aliphatic imine (C=N–C) groups is 1. The van der Waals surface area contributed by atoms with E-state index in [2.05, 4.69) is 4.99 Å². The Morgan fingerprint density at radius 1 is 0.857 bits per heavy atom. The maximum absolute atomic E-state index is 11.9. The minimum Gasteiger partial charge on any atom is -0.493 e. The maximum atomic E-state index is 11.9. The molecule has 0 atom stereocenters. The zero-order valence-electron chi connectivity index (χ0n) is 28.5. The molecule has 0 amide bonds. The third-order valence-electron chi connectivity index (χ3n) is 6.86. The highest BCUT2D eigenvalue weighted by Gasteiger charge is 2.23. The van der Waals surface area contributed by atoms with Gasteiger partial charge in [0.1, 0.15) is 19.8 Å². The Bertz CT molecular complexity index is 1740. The summed E-state index contributed by atoms with van der Waals surface area (Å²) in [7, 11) is -1.24. The van der Waals surface area contributed by atoms with Crippen LogP contribution in [0.4, 0.5) is 0 Å². The summed E-state index contributed by atoms with van der Waals surface area (Å²) in [5.74, 6) is 0.514. The van der Waals surface area contributed by atoms with Gasteiger partial charge in [-0.3, -0.25) is 9.79 Å². The number of aryl methyl sites for hydroxylation is 1. The molecule has 1 heterocycles. The molecule has 0 unspecified atom stereocenters. The zero-order valence-corrected chi connectivity index (χ0v) is 23.5. The van der Waals surface area contributed by atoms with Crippen molar-refractivity contribution in [2.75, 3.05) is 20.6 Å². The van der Waals surface area contributed by atoms with Gasteiger partial charge < -0.3 is 23.7 Å². The molecule has 7 heteroatoms. The van der Waals surface area contributed by atoms with Crippen LogP contribution >= 0.6 is 0 Å². The van der Waals surface area contributed by atoms with Gasteiger partial charge in [0, 0.05) is 36.7 Å². The fourth-order valence-electron chi connectivity index (χ4n) is 4.73. The molecule has 1 aliphatic heterocycles. The van der Waals surface area contributed by atoms with E-state index < -0.39 is 19.5 Å². The van der Waals surface area contributed by atoms with Gasteiger partial charge in [-0.05, 0) is 46.9 Å². The van der Waals surface area contributed by atoms with Crippen molar-refractivity contribution in [1.82, 2.24) is 0 Å². The van der Waals surface area contributed by atoms with Gasteiger partial charge in [-0.1, -0.05) is 66.7 Å². The minimum atomic E-state index is -2.76. The van der Waals surface area contributed by atoms with E-state index in [1.54, 1.807) is 18.2 Å². The molecule has 7 nitrogen and oxygen atoms in total. The van der Waals surface area contributed by atoms with E-state index in [0.717, 1.165) is 11.1 Å². The number of hydrogen-bond acceptors (Lipinski definition) is 7. The number of carbonyl (C=O) groups is 1. The zero-order chi connectivity index (χ0) is 33.6. The lowest BCUT2D eigenvalue weighted by Crippen LogP contribution is -2.17. The van der Waals surface area contributed by atoms with Crippen LogP contribution in [-0.4, -0.2) is 32.3 Å². The Balaban J connectivity index is 1.56. The summed E-state index contributed by atoms with van der Waals surface area (Å²) >= 11 is 0. The minimum absolute atomic E-state index is 0.0201. The standard InChI is InChI=1S/C35H35NO6/c1-24(37)40-23-30-27(14-15-32(38-2)35(30)42-22-26-12-8-5-9-13-26)18-31-29-20-34(41-21-25-10-6-4-7-11-25)33(39-3)19-28(29)16-17-36-31/h4-15,19-20H,16-18,21-23H2,1-3H3/i3D3,17D2. The lowest BCUT2D eigenvalue weighted by Gasteiger charge is -2.23. The third-order valence-corrected chi connectivity index (χ3v) is 6.86. The molecule has 0 bridgehead atoms. The van der Waals surface area contributed by atoms with Crippen LogP contribution in [0.2, 0.25) is 0 Å². The van der Waals surface area contributed by atoms with Gasteiger partial charge in [0.2, 0.25) is 0 Å². The van der Waals surface area contributed by atoms with Gasteiger partial charge in [0.25, 0.3) is 0 Å². The number of fused-ring (bicyclic) bond motifs is 1. The molecule has 0 aliphatic carbocycles. The summed E-state index contributed by atoms with van der Waals surface area (Å²) in [5, 5.41) is 0. The maximum Gasteiger partial charge on any atom is 0.302 e. The molecule has 0 spiro atoms. The molecular formula is C35H35NO6. The highest BCUT2D eigenvalue weighted by Crippen LogP contribution is 2.38. The smallest absolute Gasteiger partial charge is 0.302 e. The topological polar surface area (TPSA) is 75.6 Å². The van der Waals surface area contributed by atoms with E-state index in [1.807, 2.05) is 60.7 Å². The third kappa shape index (κ3) is 6.92. The first kappa shape index (κ1) is 22.9. The normalized spacial score (nSPS) is 15.4. The molecule has 0 fully saturated rings. The summed E-state index contributed by atoms with van der Waals surface area (Å²) in [6.07, 6.45) is 0.0307. The summed E-state index contributed by atoms with van der Waals surface area (Å²) in [6.45, 7) is -0.404. The van der Waals surface area contributed by atoms with E-state index in [4.69, 9.17) is 30.5 Å². The number of ether oxygens (including phenoxy) is 5. The van der Waals surface area contributed by atoms with Crippen LogP contribution in [0.3, 0.4) is 0 Å².